The maximum Gasteiger partial charge on any atom is 0.332 e. The van der Waals surface area contributed by atoms with Crippen LogP contribution in [0.4, 0.5) is 5.69 Å². The maximum absolute atomic E-state index is 11.6. The van der Waals surface area contributed by atoms with Crippen LogP contribution in [-0.2, 0) is 16.1 Å². The first kappa shape index (κ1) is 22.8. The highest BCUT2D eigenvalue weighted by molar-refractivity contribution is 6.39. The van der Waals surface area contributed by atoms with E-state index in [0.29, 0.717) is 42.0 Å². The molecule has 1 fully saturated rings. The van der Waals surface area contributed by atoms with E-state index in [1.807, 2.05) is 0 Å². The van der Waals surface area contributed by atoms with Gasteiger partial charge in [0.15, 0.2) is 0 Å². The van der Waals surface area contributed by atoms with Crippen molar-refractivity contribution in [3.05, 3.63) is 46.5 Å². The second-order valence-electron chi connectivity index (χ2n) is 7.40. The molecule has 31 heavy (non-hydrogen) atoms. The Morgan fingerprint density at radius 1 is 1.19 bits per heavy atom. The summed E-state index contributed by atoms with van der Waals surface area (Å²) in [7, 11) is 0. The first-order chi connectivity index (χ1) is 14.8. The van der Waals surface area contributed by atoms with Crippen LogP contribution < -0.4 is 15.5 Å². The van der Waals surface area contributed by atoms with Gasteiger partial charge < -0.3 is 20.3 Å². The Morgan fingerprint density at radius 2 is 1.90 bits per heavy atom. The number of anilines is 1. The van der Waals surface area contributed by atoms with Crippen LogP contribution in [0.3, 0.4) is 0 Å². The number of phenols is 1. The number of aryl methyl sites for hydroxylation is 1. The number of hydrogen-bond donors (Lipinski definition) is 5. The fourth-order valence-corrected chi connectivity index (χ4v) is 3.66. The van der Waals surface area contributed by atoms with Crippen LogP contribution in [-0.4, -0.2) is 51.3 Å². The molecule has 2 aromatic carbocycles. The van der Waals surface area contributed by atoms with Gasteiger partial charge in [-0.05, 0) is 55.7 Å². The Hall–Kier alpha value is -2.85. The van der Waals surface area contributed by atoms with Crippen molar-refractivity contribution < 1.29 is 29.7 Å². The molecule has 2 amide bonds. The number of rotatable bonds is 5. The smallest absolute Gasteiger partial charge is 0.332 e. The van der Waals surface area contributed by atoms with Gasteiger partial charge in [0.2, 0.25) is 0 Å². The number of aliphatic hydroxyl groups is 1. The Labute approximate surface area is 184 Å². The molecule has 0 saturated carbocycles. The fourth-order valence-electron chi connectivity index (χ4n) is 3.36. The van der Waals surface area contributed by atoms with Gasteiger partial charge in [-0.15, -0.1) is 0 Å². The van der Waals surface area contributed by atoms with Crippen LogP contribution in [0.2, 0.25) is 5.02 Å². The molecule has 3 rings (SSSR count). The second-order valence-corrected chi connectivity index (χ2v) is 7.81. The fraction of sp³-hybridized carbons (Fsp3) is 0.333. The van der Waals surface area contributed by atoms with E-state index in [-0.39, 0.29) is 22.6 Å². The topological polar surface area (TPSA) is 131 Å². The third kappa shape index (κ3) is 5.86. The summed E-state index contributed by atoms with van der Waals surface area (Å²) in [5.74, 6) is -1.24. The summed E-state index contributed by atoms with van der Waals surface area (Å²) in [5, 5.41) is 30.9. The van der Waals surface area contributed by atoms with Crippen molar-refractivity contribution in [2.45, 2.75) is 32.4 Å². The van der Waals surface area contributed by atoms with Gasteiger partial charge in [-0.1, -0.05) is 11.6 Å². The van der Waals surface area contributed by atoms with E-state index in [1.165, 1.54) is 11.5 Å². The number of carbonyl (C=O) groups excluding carboxylic acids is 2. The molecule has 1 aliphatic rings. The third-order valence-corrected chi connectivity index (χ3v) is 5.30. The number of piperidine rings is 1. The molecular formula is C21H24ClN3O6. The predicted molar refractivity (Wildman–Crippen MR) is 113 cm³/mol. The second kappa shape index (κ2) is 9.97. The highest BCUT2D eigenvalue weighted by Crippen LogP contribution is 2.37. The Bertz CT molecular complexity index is 953. The summed E-state index contributed by atoms with van der Waals surface area (Å²) in [6.07, 6.45) is 1.14. The van der Waals surface area contributed by atoms with Crippen LogP contribution in [0.15, 0.2) is 30.3 Å². The lowest BCUT2D eigenvalue weighted by atomic mass is 10.1. The van der Waals surface area contributed by atoms with Gasteiger partial charge >= 0.3 is 11.8 Å². The van der Waals surface area contributed by atoms with Crippen LogP contribution in [0, 0.1) is 6.92 Å². The number of benzene rings is 2. The quantitative estimate of drug-likeness (QED) is 0.269. The largest absolute Gasteiger partial charge is 0.508 e. The molecule has 0 atom stereocenters. The van der Waals surface area contributed by atoms with Gasteiger partial charge in [0.05, 0.1) is 11.1 Å². The number of aliphatic hydroxyl groups excluding tert-OH is 1. The van der Waals surface area contributed by atoms with Crippen LogP contribution in [0.5, 0.6) is 17.2 Å². The molecule has 0 aromatic heterocycles. The van der Waals surface area contributed by atoms with E-state index in [1.54, 1.807) is 31.2 Å². The SMILES string of the molecule is Cc1cc(NC(=O)C(=O)NO)cc(Cl)c1Oc1ccc(O)c(CN2CCC(O)CC2)c1. The summed E-state index contributed by atoms with van der Waals surface area (Å²) in [6, 6.07) is 7.90. The number of carbonyl (C=O) groups is 2. The molecule has 1 aliphatic heterocycles. The minimum absolute atomic E-state index is 0.154. The Kier molecular flexibility index (Phi) is 7.34. The number of likely N-dealkylation sites (tertiary alicyclic amines) is 1. The molecule has 9 nitrogen and oxygen atoms in total. The number of hydroxylamine groups is 1. The molecule has 2 aromatic rings. The van der Waals surface area contributed by atoms with Crippen molar-refractivity contribution in [3.8, 4) is 17.2 Å². The predicted octanol–water partition coefficient (Wildman–Crippen LogP) is 2.55. The van der Waals surface area contributed by atoms with Gasteiger partial charge in [-0.3, -0.25) is 19.7 Å². The summed E-state index contributed by atoms with van der Waals surface area (Å²) in [5.41, 5.74) is 2.82. The number of amides is 2. The van der Waals surface area contributed by atoms with Crippen molar-refractivity contribution in [1.29, 1.82) is 0 Å². The van der Waals surface area contributed by atoms with E-state index in [4.69, 9.17) is 21.5 Å². The van der Waals surface area contributed by atoms with Gasteiger partial charge in [-0.2, -0.15) is 0 Å². The standard InChI is InChI=1S/C21H24ClN3O6/c1-12-8-14(23-20(28)21(29)24-30)10-17(22)19(12)31-16-2-3-18(27)13(9-16)11-25-6-4-15(26)5-7-25/h2-3,8-10,15,26-27,30H,4-7,11H2,1H3,(H,23,28)(H,24,29). The molecule has 0 aliphatic carbocycles. The van der Waals surface area contributed by atoms with Gasteiger partial charge in [0.1, 0.15) is 17.2 Å². The number of phenolic OH excluding ortho intramolecular Hbond substituents is 1. The first-order valence-electron chi connectivity index (χ1n) is 9.72. The highest BCUT2D eigenvalue weighted by atomic mass is 35.5. The third-order valence-electron chi connectivity index (χ3n) is 5.02. The van der Waals surface area contributed by atoms with Gasteiger partial charge in [-0.25, -0.2) is 5.48 Å². The number of aromatic hydroxyl groups is 1. The number of ether oxygens (including phenoxy) is 1. The van der Waals surface area contributed by atoms with Gasteiger partial charge in [0, 0.05) is 30.9 Å². The lowest BCUT2D eigenvalue weighted by Crippen LogP contribution is -2.35. The average Bonchev–Trinajstić information content (AvgIpc) is 2.74. The van der Waals surface area contributed by atoms with Crippen molar-refractivity contribution in [3.63, 3.8) is 0 Å². The van der Waals surface area contributed by atoms with Crippen LogP contribution >= 0.6 is 11.6 Å². The van der Waals surface area contributed by atoms with Crippen LogP contribution in [0.1, 0.15) is 24.0 Å². The average molecular weight is 450 g/mol. The summed E-state index contributed by atoms with van der Waals surface area (Å²) >= 11 is 6.31. The molecule has 0 spiro atoms. The van der Waals surface area contributed by atoms with Crippen molar-refractivity contribution >= 4 is 29.1 Å². The maximum atomic E-state index is 11.6. The van der Waals surface area contributed by atoms with Crippen molar-refractivity contribution in [2.24, 2.45) is 0 Å². The molecule has 1 saturated heterocycles. The van der Waals surface area contributed by atoms with Crippen molar-refractivity contribution in [2.75, 3.05) is 18.4 Å². The molecule has 0 radical (unpaired) electrons. The van der Waals surface area contributed by atoms with Crippen LogP contribution in [0.25, 0.3) is 0 Å². The lowest BCUT2D eigenvalue weighted by Gasteiger charge is -2.29. The monoisotopic (exact) mass is 449 g/mol. The molecule has 5 N–H and O–H groups in total. The van der Waals surface area contributed by atoms with E-state index < -0.39 is 11.8 Å². The molecule has 166 valence electrons. The van der Waals surface area contributed by atoms with E-state index in [2.05, 4.69) is 10.2 Å². The minimum atomic E-state index is -1.20. The number of nitrogens with one attached hydrogen (secondary N) is 2. The van der Waals surface area contributed by atoms with E-state index in [9.17, 15) is 19.8 Å². The van der Waals surface area contributed by atoms with E-state index >= 15 is 0 Å². The van der Waals surface area contributed by atoms with Gasteiger partial charge in [0.25, 0.3) is 0 Å². The molecule has 1 heterocycles. The summed E-state index contributed by atoms with van der Waals surface area (Å²) in [4.78, 5) is 24.9. The highest BCUT2D eigenvalue weighted by Gasteiger charge is 2.19. The first-order valence-corrected chi connectivity index (χ1v) is 10.1. The number of hydrogen-bond acceptors (Lipinski definition) is 7. The lowest BCUT2D eigenvalue weighted by molar-refractivity contribution is -0.141. The van der Waals surface area contributed by atoms with Crippen molar-refractivity contribution in [1.82, 2.24) is 10.4 Å². The minimum Gasteiger partial charge on any atom is -0.508 e. The molecule has 10 heteroatoms. The molecule has 0 unspecified atom stereocenters. The number of halogens is 1. The Morgan fingerprint density at radius 3 is 2.55 bits per heavy atom. The zero-order valence-electron chi connectivity index (χ0n) is 16.9. The summed E-state index contributed by atoms with van der Waals surface area (Å²) in [6.45, 7) is 3.75. The molecular weight excluding hydrogens is 426 g/mol. The normalized spacial score (nSPS) is 14.8. The summed E-state index contributed by atoms with van der Waals surface area (Å²) < 4.78 is 5.94. The Balaban J connectivity index is 1.74. The number of nitrogens with zero attached hydrogens (tertiary/aromatic N) is 1. The van der Waals surface area contributed by atoms with E-state index in [0.717, 1.165) is 13.1 Å². The zero-order valence-corrected chi connectivity index (χ0v) is 17.6. The zero-order chi connectivity index (χ0) is 22.5. The molecule has 0 bridgehead atoms.